The highest BCUT2D eigenvalue weighted by molar-refractivity contribution is 5.69. The summed E-state index contributed by atoms with van der Waals surface area (Å²) in [7, 11) is 0. The third kappa shape index (κ3) is 4.00. The Morgan fingerprint density at radius 2 is 2.18 bits per heavy atom. The highest BCUT2D eigenvalue weighted by atomic mass is 16.6. The van der Waals surface area contributed by atoms with Crippen molar-refractivity contribution in [1.82, 2.24) is 4.90 Å². The quantitative estimate of drug-likeness (QED) is 0.740. The summed E-state index contributed by atoms with van der Waals surface area (Å²) in [6, 6.07) is -0.311. The van der Waals surface area contributed by atoms with Gasteiger partial charge in [-0.15, -0.1) is 0 Å². The third-order valence-electron chi connectivity index (χ3n) is 2.79. The second-order valence-electron chi connectivity index (χ2n) is 5.43. The summed E-state index contributed by atoms with van der Waals surface area (Å²) < 4.78 is 5.27. The summed E-state index contributed by atoms with van der Waals surface area (Å²) in [4.78, 5) is 24.1. The molecule has 1 rings (SSSR count). The number of piperidine rings is 1. The molecule has 0 radical (unpaired) electrons. The predicted molar refractivity (Wildman–Crippen MR) is 62.6 cm³/mol. The Balaban J connectivity index is 2.63. The maximum absolute atomic E-state index is 11.9. The van der Waals surface area contributed by atoms with Crippen molar-refractivity contribution >= 4 is 12.4 Å². The molecular weight excluding hydrogens is 222 g/mol. The van der Waals surface area contributed by atoms with Crippen molar-refractivity contribution in [2.45, 2.75) is 45.3 Å². The van der Waals surface area contributed by atoms with Gasteiger partial charge in [0, 0.05) is 12.5 Å². The summed E-state index contributed by atoms with van der Waals surface area (Å²) in [5.41, 5.74) is -0.543. The van der Waals surface area contributed by atoms with E-state index in [4.69, 9.17) is 4.74 Å². The number of carbonyl (C=O) groups is 2. The summed E-state index contributed by atoms with van der Waals surface area (Å²) in [6.07, 6.45) is 1.63. The van der Waals surface area contributed by atoms with E-state index in [0.717, 1.165) is 6.29 Å². The summed E-state index contributed by atoms with van der Waals surface area (Å²) in [6.45, 7) is 5.73. The van der Waals surface area contributed by atoms with Gasteiger partial charge < -0.3 is 19.5 Å². The van der Waals surface area contributed by atoms with Crippen LogP contribution in [0.15, 0.2) is 0 Å². The number of ether oxygens (including phenoxy) is 1. The number of nitrogens with zero attached hydrogens (tertiary/aromatic N) is 1. The van der Waals surface area contributed by atoms with Crippen LogP contribution in [-0.2, 0) is 9.53 Å². The highest BCUT2D eigenvalue weighted by Crippen LogP contribution is 2.23. The minimum atomic E-state index is -0.543. The molecule has 1 heterocycles. The zero-order valence-electron chi connectivity index (χ0n) is 10.7. The van der Waals surface area contributed by atoms with Gasteiger partial charge in [0.05, 0.1) is 12.6 Å². The lowest BCUT2D eigenvalue weighted by Crippen LogP contribution is -2.49. The Morgan fingerprint density at radius 1 is 1.53 bits per heavy atom. The van der Waals surface area contributed by atoms with E-state index in [1.54, 1.807) is 20.8 Å². The highest BCUT2D eigenvalue weighted by Gasteiger charge is 2.33. The fourth-order valence-electron chi connectivity index (χ4n) is 1.94. The van der Waals surface area contributed by atoms with Crippen molar-refractivity contribution in [2.24, 2.45) is 5.92 Å². The molecule has 17 heavy (non-hydrogen) atoms. The molecule has 1 aliphatic heterocycles. The van der Waals surface area contributed by atoms with Crippen LogP contribution in [0.3, 0.4) is 0 Å². The molecule has 0 aromatic heterocycles. The Labute approximate surface area is 102 Å². The van der Waals surface area contributed by atoms with Crippen molar-refractivity contribution in [1.29, 1.82) is 0 Å². The Hall–Kier alpha value is -1.10. The van der Waals surface area contributed by atoms with Crippen LogP contribution in [0, 0.1) is 5.92 Å². The van der Waals surface area contributed by atoms with Crippen LogP contribution < -0.4 is 0 Å². The van der Waals surface area contributed by atoms with Gasteiger partial charge in [0.2, 0.25) is 0 Å². The number of aldehydes is 1. The molecule has 2 unspecified atom stereocenters. The number of aliphatic hydroxyl groups excluding tert-OH is 1. The lowest BCUT2D eigenvalue weighted by Gasteiger charge is -2.37. The molecule has 5 heteroatoms. The molecule has 1 fully saturated rings. The largest absolute Gasteiger partial charge is 0.444 e. The summed E-state index contributed by atoms with van der Waals surface area (Å²) in [5.74, 6) is -0.0640. The van der Waals surface area contributed by atoms with Crippen LogP contribution in [0.2, 0.25) is 0 Å². The fourth-order valence-corrected chi connectivity index (χ4v) is 1.94. The van der Waals surface area contributed by atoms with Gasteiger partial charge in [-0.25, -0.2) is 4.79 Å². The molecule has 1 aliphatic rings. The van der Waals surface area contributed by atoms with Gasteiger partial charge in [0.25, 0.3) is 0 Å². The van der Waals surface area contributed by atoms with Crippen molar-refractivity contribution in [2.75, 3.05) is 13.2 Å². The van der Waals surface area contributed by atoms with Crippen LogP contribution >= 0.6 is 0 Å². The van der Waals surface area contributed by atoms with Crippen molar-refractivity contribution in [3.05, 3.63) is 0 Å². The average Bonchev–Trinajstić information content (AvgIpc) is 2.25. The lowest BCUT2D eigenvalue weighted by molar-refractivity contribution is -0.113. The van der Waals surface area contributed by atoms with E-state index in [2.05, 4.69) is 0 Å². The third-order valence-corrected chi connectivity index (χ3v) is 2.79. The van der Waals surface area contributed by atoms with E-state index >= 15 is 0 Å². The second-order valence-corrected chi connectivity index (χ2v) is 5.43. The standard InChI is InChI=1S/C12H21NO4/c1-12(2,3)17-11(16)13-5-4-9(7-14)6-10(13)8-15/h7,9-10,15H,4-6,8H2,1-3H3. The second kappa shape index (κ2) is 5.49. The zero-order chi connectivity index (χ0) is 13.1. The van der Waals surface area contributed by atoms with E-state index < -0.39 is 11.7 Å². The first kappa shape index (κ1) is 14.0. The number of amides is 1. The van der Waals surface area contributed by atoms with E-state index in [1.165, 1.54) is 4.90 Å². The van der Waals surface area contributed by atoms with Crippen molar-refractivity contribution < 1.29 is 19.4 Å². The molecule has 1 N–H and O–H groups in total. The topological polar surface area (TPSA) is 66.8 Å². The molecule has 0 aliphatic carbocycles. The molecule has 0 bridgehead atoms. The molecular formula is C12H21NO4. The van der Waals surface area contributed by atoms with E-state index in [-0.39, 0.29) is 18.6 Å². The van der Waals surface area contributed by atoms with Crippen molar-refractivity contribution in [3.8, 4) is 0 Å². The normalized spacial score (nSPS) is 25.5. The maximum atomic E-state index is 11.9. The first-order valence-electron chi connectivity index (χ1n) is 5.93. The minimum Gasteiger partial charge on any atom is -0.444 e. The maximum Gasteiger partial charge on any atom is 0.410 e. The Kier molecular flexibility index (Phi) is 4.51. The molecule has 0 aromatic rings. The van der Waals surface area contributed by atoms with Crippen LogP contribution in [0.5, 0.6) is 0 Å². The van der Waals surface area contributed by atoms with Gasteiger partial charge in [-0.05, 0) is 33.6 Å². The van der Waals surface area contributed by atoms with Gasteiger partial charge in [0.1, 0.15) is 11.9 Å². The number of carbonyl (C=O) groups excluding carboxylic acids is 2. The van der Waals surface area contributed by atoms with Gasteiger partial charge in [0.15, 0.2) is 0 Å². The molecule has 98 valence electrons. The predicted octanol–water partition coefficient (Wildman–Crippen LogP) is 1.19. The summed E-state index contributed by atoms with van der Waals surface area (Å²) >= 11 is 0. The molecule has 1 amide bonds. The molecule has 0 saturated carbocycles. The monoisotopic (exact) mass is 243 g/mol. The molecule has 2 atom stereocenters. The number of hydrogen-bond donors (Lipinski definition) is 1. The number of rotatable bonds is 2. The van der Waals surface area contributed by atoms with E-state index in [9.17, 15) is 14.7 Å². The molecule has 1 saturated heterocycles. The Morgan fingerprint density at radius 3 is 2.65 bits per heavy atom. The minimum absolute atomic E-state index is 0.0640. The van der Waals surface area contributed by atoms with Gasteiger partial charge in [-0.3, -0.25) is 0 Å². The van der Waals surface area contributed by atoms with Crippen LogP contribution in [0.25, 0.3) is 0 Å². The molecule has 0 aromatic carbocycles. The van der Waals surface area contributed by atoms with Gasteiger partial charge >= 0.3 is 6.09 Å². The van der Waals surface area contributed by atoms with Crippen LogP contribution in [0.1, 0.15) is 33.6 Å². The van der Waals surface area contributed by atoms with Gasteiger partial charge in [-0.1, -0.05) is 0 Å². The summed E-state index contributed by atoms with van der Waals surface area (Å²) in [5, 5.41) is 9.26. The number of hydrogen-bond acceptors (Lipinski definition) is 4. The number of likely N-dealkylation sites (tertiary alicyclic amines) is 1. The van der Waals surface area contributed by atoms with E-state index in [1.807, 2.05) is 0 Å². The van der Waals surface area contributed by atoms with Gasteiger partial charge in [-0.2, -0.15) is 0 Å². The molecule has 5 nitrogen and oxygen atoms in total. The van der Waals surface area contributed by atoms with E-state index in [0.29, 0.717) is 19.4 Å². The smallest absolute Gasteiger partial charge is 0.410 e. The number of aliphatic hydroxyl groups is 1. The first-order chi connectivity index (χ1) is 7.87. The SMILES string of the molecule is CC(C)(C)OC(=O)N1CCC(C=O)CC1CO. The first-order valence-corrected chi connectivity index (χ1v) is 5.93. The average molecular weight is 243 g/mol. The molecule has 0 spiro atoms. The van der Waals surface area contributed by atoms with Crippen LogP contribution in [0.4, 0.5) is 4.79 Å². The van der Waals surface area contributed by atoms with Crippen molar-refractivity contribution in [3.63, 3.8) is 0 Å². The van der Waals surface area contributed by atoms with Crippen LogP contribution in [-0.4, -0.2) is 47.2 Å². The fraction of sp³-hybridized carbons (Fsp3) is 0.833. The zero-order valence-corrected chi connectivity index (χ0v) is 10.7. The lowest BCUT2D eigenvalue weighted by atomic mass is 9.93. The Bertz CT molecular complexity index is 285.